The summed E-state index contributed by atoms with van der Waals surface area (Å²) in [6.45, 7) is 9.87. The third kappa shape index (κ3) is 2.61. The van der Waals surface area contributed by atoms with Crippen LogP contribution in [0.2, 0.25) is 0 Å². The second-order valence-corrected chi connectivity index (χ2v) is 11.0. The first-order valence-corrected chi connectivity index (χ1v) is 12.1. The first-order chi connectivity index (χ1) is 16.1. The van der Waals surface area contributed by atoms with E-state index in [-0.39, 0.29) is 30.6 Å². The summed E-state index contributed by atoms with van der Waals surface area (Å²) in [5.41, 5.74) is -0.348. The minimum Gasteiger partial charge on any atom is -0.392 e. The summed E-state index contributed by atoms with van der Waals surface area (Å²) in [6, 6.07) is 9.92. The fraction of sp³-hybridized carbons (Fsp3) is 0.536. The molecule has 3 bridgehead atoms. The van der Waals surface area contributed by atoms with Crippen LogP contribution in [0.25, 0.3) is 0 Å². The Balaban J connectivity index is 1.58. The molecule has 6 rings (SSSR count). The first kappa shape index (κ1) is 22.4. The highest BCUT2D eigenvalue weighted by atomic mass is 16.9. The highest BCUT2D eigenvalue weighted by molar-refractivity contribution is 6.04. The fourth-order valence-corrected chi connectivity index (χ4v) is 7.50. The SMILES string of the molecule is C=C(C)[C@]12CC(C)C34O[C@@](Cc5ccccc5)(OC1C3C=C(CO)C[C@]1(O)C(=O)C(C)=CC41)O2. The maximum Gasteiger partial charge on any atom is 0.289 e. The molecule has 0 spiro atoms. The number of benzene rings is 1. The maximum atomic E-state index is 13.3. The van der Waals surface area contributed by atoms with E-state index in [4.69, 9.17) is 14.2 Å². The Labute approximate surface area is 199 Å². The van der Waals surface area contributed by atoms with Gasteiger partial charge in [-0.15, -0.1) is 0 Å². The molecule has 0 aromatic heterocycles. The summed E-state index contributed by atoms with van der Waals surface area (Å²) < 4.78 is 20.5. The Morgan fingerprint density at radius 3 is 2.62 bits per heavy atom. The van der Waals surface area contributed by atoms with Gasteiger partial charge in [0.05, 0.1) is 18.6 Å². The van der Waals surface area contributed by atoms with E-state index in [1.807, 2.05) is 49.4 Å². The van der Waals surface area contributed by atoms with E-state index in [0.717, 1.165) is 11.1 Å². The Kier molecular flexibility index (Phi) is 4.60. The largest absolute Gasteiger partial charge is 0.392 e. The van der Waals surface area contributed by atoms with Gasteiger partial charge in [-0.1, -0.05) is 56.0 Å². The van der Waals surface area contributed by atoms with Gasteiger partial charge in [0, 0.05) is 18.3 Å². The average Bonchev–Trinajstić information content (AvgIpc) is 3.10. The van der Waals surface area contributed by atoms with E-state index in [1.54, 1.807) is 6.92 Å². The number of hydrogen-bond acceptors (Lipinski definition) is 6. The molecule has 0 radical (unpaired) electrons. The van der Waals surface area contributed by atoms with Gasteiger partial charge in [-0.05, 0) is 48.5 Å². The number of ketones is 1. The van der Waals surface area contributed by atoms with Crippen molar-refractivity contribution in [3.8, 4) is 0 Å². The zero-order valence-electron chi connectivity index (χ0n) is 19.9. The van der Waals surface area contributed by atoms with Gasteiger partial charge in [0.2, 0.25) is 0 Å². The van der Waals surface area contributed by atoms with Gasteiger partial charge in [-0.3, -0.25) is 4.79 Å². The highest BCUT2D eigenvalue weighted by Crippen LogP contribution is 2.68. The van der Waals surface area contributed by atoms with E-state index in [0.29, 0.717) is 24.0 Å². The number of hydrogen-bond donors (Lipinski definition) is 2. The number of fused-ring (bicyclic) bond motifs is 2. The molecule has 5 unspecified atom stereocenters. The van der Waals surface area contributed by atoms with Crippen LogP contribution in [0.5, 0.6) is 0 Å². The molecule has 3 fully saturated rings. The second-order valence-electron chi connectivity index (χ2n) is 11.0. The molecule has 2 saturated heterocycles. The van der Waals surface area contributed by atoms with Crippen LogP contribution < -0.4 is 0 Å². The lowest BCUT2D eigenvalue weighted by Crippen LogP contribution is -2.70. The summed E-state index contributed by atoms with van der Waals surface area (Å²) in [4.78, 5) is 13.3. The number of carbonyl (C=O) groups is 1. The van der Waals surface area contributed by atoms with Crippen molar-refractivity contribution in [1.29, 1.82) is 0 Å². The lowest BCUT2D eigenvalue weighted by atomic mass is 9.55. The molecule has 1 saturated carbocycles. The van der Waals surface area contributed by atoms with Gasteiger partial charge in [0.1, 0.15) is 17.3 Å². The molecular formula is C28H32O6. The number of carbonyl (C=O) groups excluding carboxylic acids is 1. The van der Waals surface area contributed by atoms with Crippen molar-refractivity contribution >= 4 is 5.78 Å². The van der Waals surface area contributed by atoms with Crippen LogP contribution in [0.3, 0.4) is 0 Å². The van der Waals surface area contributed by atoms with Gasteiger partial charge in [-0.2, -0.15) is 0 Å². The van der Waals surface area contributed by atoms with E-state index in [2.05, 4.69) is 13.5 Å². The van der Waals surface area contributed by atoms with Gasteiger partial charge < -0.3 is 24.4 Å². The van der Waals surface area contributed by atoms with Crippen LogP contribution in [0.15, 0.2) is 65.8 Å². The Morgan fingerprint density at radius 1 is 1.21 bits per heavy atom. The topological polar surface area (TPSA) is 85.2 Å². The summed E-state index contributed by atoms with van der Waals surface area (Å²) in [5, 5.41) is 22.1. The molecule has 1 aromatic carbocycles. The Hall–Kier alpha value is -2.09. The molecule has 3 aliphatic carbocycles. The smallest absolute Gasteiger partial charge is 0.289 e. The Morgan fingerprint density at radius 2 is 1.94 bits per heavy atom. The number of aliphatic hydroxyl groups is 2. The molecule has 0 amide bonds. The van der Waals surface area contributed by atoms with E-state index >= 15 is 0 Å². The number of ether oxygens (including phenoxy) is 3. The fourth-order valence-electron chi connectivity index (χ4n) is 7.50. The van der Waals surface area contributed by atoms with Crippen molar-refractivity contribution in [3.05, 3.63) is 71.3 Å². The molecule has 2 heterocycles. The molecule has 5 aliphatic rings. The summed E-state index contributed by atoms with van der Waals surface area (Å²) in [5.74, 6) is -2.64. The van der Waals surface area contributed by atoms with E-state index < -0.39 is 34.8 Å². The molecule has 6 heteroatoms. The molecule has 8 atom stereocenters. The third-order valence-corrected chi connectivity index (χ3v) is 8.93. The van der Waals surface area contributed by atoms with Gasteiger partial charge in [0.15, 0.2) is 5.78 Å². The lowest BCUT2D eigenvalue weighted by Gasteiger charge is -2.59. The molecular weight excluding hydrogens is 432 g/mol. The predicted molar refractivity (Wildman–Crippen MR) is 124 cm³/mol. The standard InChI is InChI=1S/C28H32O6/c1-16(2)26-12-18(4)28-21(11-20(15-29)13-25(31)22(28)10-17(3)23(25)30)24(26)32-27(33-26,34-28)14-19-8-6-5-7-9-19/h5-11,18,21-22,24,29,31H,1,12-15H2,2-4H3/t18?,21?,22?,24?,25-,26-,27+,28?/m1/s1. The Bertz CT molecular complexity index is 1140. The van der Waals surface area contributed by atoms with Crippen LogP contribution >= 0.6 is 0 Å². The zero-order valence-corrected chi connectivity index (χ0v) is 19.9. The molecule has 2 N–H and O–H groups in total. The summed E-state index contributed by atoms with van der Waals surface area (Å²) >= 11 is 0. The maximum absolute atomic E-state index is 13.3. The number of rotatable bonds is 4. The molecule has 6 nitrogen and oxygen atoms in total. The molecule has 34 heavy (non-hydrogen) atoms. The first-order valence-electron chi connectivity index (χ1n) is 12.1. The van der Waals surface area contributed by atoms with Gasteiger partial charge in [0.25, 0.3) is 5.97 Å². The normalized spacial score (nSPS) is 46.4. The molecule has 180 valence electrons. The minimum absolute atomic E-state index is 0.0761. The van der Waals surface area contributed by atoms with E-state index in [1.165, 1.54) is 0 Å². The van der Waals surface area contributed by atoms with Crippen molar-refractivity contribution in [2.24, 2.45) is 17.8 Å². The second kappa shape index (κ2) is 6.99. The third-order valence-electron chi connectivity index (χ3n) is 8.93. The van der Waals surface area contributed by atoms with E-state index in [9.17, 15) is 15.0 Å². The number of Topliss-reactive ketones (excluding diaryl/α,β-unsaturated/α-hetero) is 1. The minimum atomic E-state index is -1.67. The average molecular weight is 465 g/mol. The van der Waals surface area contributed by atoms with Crippen LogP contribution in [-0.4, -0.2) is 51.5 Å². The van der Waals surface area contributed by atoms with Crippen LogP contribution in [0, 0.1) is 17.8 Å². The van der Waals surface area contributed by atoms with Crippen molar-refractivity contribution < 1.29 is 29.2 Å². The van der Waals surface area contributed by atoms with Crippen LogP contribution in [0.1, 0.15) is 39.2 Å². The molecule has 1 aromatic rings. The van der Waals surface area contributed by atoms with Gasteiger partial charge >= 0.3 is 0 Å². The van der Waals surface area contributed by atoms with Crippen molar-refractivity contribution in [2.45, 2.75) is 68.9 Å². The van der Waals surface area contributed by atoms with Crippen molar-refractivity contribution in [2.75, 3.05) is 6.61 Å². The van der Waals surface area contributed by atoms with Crippen LogP contribution in [0.4, 0.5) is 0 Å². The predicted octanol–water partition coefficient (Wildman–Crippen LogP) is 3.24. The lowest BCUT2D eigenvalue weighted by molar-refractivity contribution is -0.421. The van der Waals surface area contributed by atoms with Crippen LogP contribution in [-0.2, 0) is 25.4 Å². The number of aliphatic hydroxyl groups excluding tert-OH is 1. The monoisotopic (exact) mass is 464 g/mol. The quantitative estimate of drug-likeness (QED) is 0.666. The molecule has 2 aliphatic heterocycles. The zero-order chi connectivity index (χ0) is 24.1. The summed E-state index contributed by atoms with van der Waals surface area (Å²) in [6.07, 6.45) is 4.51. The van der Waals surface area contributed by atoms with Crippen molar-refractivity contribution in [1.82, 2.24) is 0 Å². The summed E-state index contributed by atoms with van der Waals surface area (Å²) in [7, 11) is 0. The van der Waals surface area contributed by atoms with Gasteiger partial charge in [-0.25, -0.2) is 0 Å². The highest BCUT2D eigenvalue weighted by Gasteiger charge is 2.79. The van der Waals surface area contributed by atoms with Crippen molar-refractivity contribution in [3.63, 3.8) is 0 Å².